The molecule has 0 aromatic heterocycles. The Hall–Kier alpha value is 0.0500. The van der Waals surface area contributed by atoms with Gasteiger partial charge in [-0.2, -0.15) is 0 Å². The molecule has 0 unspecified atom stereocenters. The Kier molecular flexibility index (Phi) is 18.4. The van der Waals surface area contributed by atoms with Gasteiger partial charge in [-0.3, -0.25) is 4.79 Å². The Morgan fingerprint density at radius 2 is 1.13 bits per heavy atom. The molecule has 0 aliphatic heterocycles. The highest BCUT2D eigenvalue weighted by atomic mass is 35.5. The zero-order chi connectivity index (χ0) is 17.2. The van der Waals surface area contributed by atoms with Crippen LogP contribution in [0.1, 0.15) is 103 Å². The van der Waals surface area contributed by atoms with E-state index < -0.39 is 4.84 Å². The van der Waals surface area contributed by atoms with Gasteiger partial charge in [0.25, 0.3) is 0 Å². The maximum Gasteiger partial charge on any atom is 0.305 e. The van der Waals surface area contributed by atoms with Crippen molar-refractivity contribution in [3.63, 3.8) is 0 Å². The second-order valence-electron chi connectivity index (χ2n) is 6.42. The van der Waals surface area contributed by atoms with Crippen LogP contribution < -0.4 is 0 Å². The molecule has 0 spiro atoms. The lowest BCUT2D eigenvalue weighted by Crippen LogP contribution is -2.09. The highest BCUT2D eigenvalue weighted by Gasteiger charge is 2.05. The number of hydrogen-bond donors (Lipinski definition) is 0. The minimum atomic E-state index is -0.615. The zero-order valence-corrected chi connectivity index (χ0v) is 16.5. The first-order valence-corrected chi connectivity index (χ1v) is 10.5. The number of esters is 1. The summed E-state index contributed by atoms with van der Waals surface area (Å²) in [5, 5.41) is 0. The van der Waals surface area contributed by atoms with Crippen molar-refractivity contribution in [1.82, 2.24) is 0 Å². The van der Waals surface area contributed by atoms with Gasteiger partial charge in [-0.05, 0) is 6.42 Å². The van der Waals surface area contributed by atoms with Crippen molar-refractivity contribution in [2.75, 3.05) is 6.61 Å². The molecule has 0 radical (unpaired) electrons. The fourth-order valence-corrected chi connectivity index (χ4v) is 2.82. The second-order valence-corrected chi connectivity index (χ2v) is 7.70. The summed E-state index contributed by atoms with van der Waals surface area (Å²) >= 11 is 11.0. The quantitative estimate of drug-likeness (QED) is 0.154. The molecule has 0 aromatic carbocycles. The third kappa shape index (κ3) is 20.0. The normalized spacial score (nSPS) is 11.1. The van der Waals surface area contributed by atoms with Gasteiger partial charge in [0.2, 0.25) is 0 Å². The molecule has 0 atom stereocenters. The molecule has 0 rings (SSSR count). The summed E-state index contributed by atoms with van der Waals surface area (Å²) in [6.45, 7) is 2.36. The third-order valence-corrected chi connectivity index (χ3v) is 4.36. The average molecular weight is 367 g/mol. The fraction of sp³-hybridized carbons (Fsp3) is 0.947. The van der Waals surface area contributed by atoms with E-state index in [0.717, 1.165) is 12.8 Å². The minimum absolute atomic E-state index is 0.0978. The van der Waals surface area contributed by atoms with Gasteiger partial charge >= 0.3 is 5.97 Å². The predicted molar refractivity (Wildman–Crippen MR) is 101 cm³/mol. The van der Waals surface area contributed by atoms with E-state index in [4.69, 9.17) is 27.9 Å². The van der Waals surface area contributed by atoms with Gasteiger partial charge in [-0.1, -0.05) is 90.4 Å². The van der Waals surface area contributed by atoms with Crippen molar-refractivity contribution in [1.29, 1.82) is 0 Å². The van der Waals surface area contributed by atoms with E-state index in [1.165, 1.54) is 77.0 Å². The number of carbonyl (C=O) groups excluding carboxylic acids is 1. The Morgan fingerprint density at radius 3 is 1.52 bits per heavy atom. The highest BCUT2D eigenvalue weighted by Crippen LogP contribution is 2.13. The smallest absolute Gasteiger partial charge is 0.305 e. The van der Waals surface area contributed by atoms with Gasteiger partial charge < -0.3 is 4.74 Å². The van der Waals surface area contributed by atoms with Gasteiger partial charge in [0.1, 0.15) is 11.4 Å². The second kappa shape index (κ2) is 18.4. The van der Waals surface area contributed by atoms with Crippen molar-refractivity contribution in [3.05, 3.63) is 0 Å². The lowest BCUT2D eigenvalue weighted by atomic mass is 10.0. The van der Waals surface area contributed by atoms with Crippen molar-refractivity contribution >= 4 is 29.2 Å². The first kappa shape index (κ1) is 23.1. The maximum atomic E-state index is 11.3. The molecule has 2 nitrogen and oxygen atoms in total. The molecular formula is C19H36Cl2O2. The topological polar surface area (TPSA) is 26.3 Å². The number of alkyl halides is 2. The fourth-order valence-electron chi connectivity index (χ4n) is 2.69. The molecule has 0 aliphatic carbocycles. The van der Waals surface area contributed by atoms with Gasteiger partial charge in [0.15, 0.2) is 0 Å². The van der Waals surface area contributed by atoms with Crippen LogP contribution in [0.4, 0.5) is 0 Å². The van der Waals surface area contributed by atoms with Gasteiger partial charge in [-0.15, -0.1) is 23.2 Å². The number of carbonyl (C=O) groups is 1. The van der Waals surface area contributed by atoms with Crippen molar-refractivity contribution in [3.8, 4) is 0 Å². The van der Waals surface area contributed by atoms with Crippen LogP contribution in [0.3, 0.4) is 0 Å². The van der Waals surface area contributed by atoms with Gasteiger partial charge in [0.05, 0.1) is 0 Å². The highest BCUT2D eigenvalue weighted by molar-refractivity contribution is 6.44. The minimum Gasteiger partial charge on any atom is -0.463 e. The van der Waals surface area contributed by atoms with E-state index in [1.807, 2.05) is 0 Å². The van der Waals surface area contributed by atoms with Crippen LogP contribution in [0.2, 0.25) is 0 Å². The molecule has 0 saturated carbocycles. The molecule has 0 N–H and O–H groups in total. The maximum absolute atomic E-state index is 11.3. The first-order chi connectivity index (χ1) is 11.2. The van der Waals surface area contributed by atoms with Crippen LogP contribution >= 0.6 is 23.2 Å². The number of ether oxygens (including phenoxy) is 1. The third-order valence-electron chi connectivity index (χ3n) is 4.10. The van der Waals surface area contributed by atoms with Gasteiger partial charge in [-0.25, -0.2) is 0 Å². The van der Waals surface area contributed by atoms with Crippen LogP contribution in [-0.2, 0) is 9.53 Å². The molecule has 0 heterocycles. The van der Waals surface area contributed by atoms with Crippen LogP contribution in [0, 0.1) is 0 Å². The van der Waals surface area contributed by atoms with Crippen LogP contribution in [0.15, 0.2) is 0 Å². The number of halogens is 2. The molecular weight excluding hydrogens is 331 g/mol. The standard InChI is InChI=1S/C19H36Cl2O2/c1-2-3-4-5-6-7-8-9-10-11-12-13-14-15-16-19(22)23-17-18(20)21/h18H,2-17H2,1H3. The average Bonchev–Trinajstić information content (AvgIpc) is 2.53. The molecule has 0 bridgehead atoms. The number of rotatable bonds is 17. The summed E-state index contributed by atoms with van der Waals surface area (Å²) in [5.41, 5.74) is 0. The molecule has 0 saturated heterocycles. The lowest BCUT2D eigenvalue weighted by molar-refractivity contribution is -0.143. The summed E-state index contributed by atoms with van der Waals surface area (Å²) in [6, 6.07) is 0. The summed E-state index contributed by atoms with van der Waals surface area (Å²) in [7, 11) is 0. The van der Waals surface area contributed by atoms with E-state index >= 15 is 0 Å². The van der Waals surface area contributed by atoms with E-state index in [0.29, 0.717) is 6.42 Å². The molecule has 0 aromatic rings. The molecule has 23 heavy (non-hydrogen) atoms. The van der Waals surface area contributed by atoms with Crippen molar-refractivity contribution in [2.24, 2.45) is 0 Å². The summed E-state index contributed by atoms with van der Waals surface area (Å²) in [6.07, 6.45) is 18.9. The Balaban J connectivity index is 3.09. The van der Waals surface area contributed by atoms with E-state index in [-0.39, 0.29) is 12.6 Å². The molecule has 0 amide bonds. The lowest BCUT2D eigenvalue weighted by Gasteiger charge is -2.05. The van der Waals surface area contributed by atoms with Gasteiger partial charge in [0, 0.05) is 6.42 Å². The molecule has 4 heteroatoms. The van der Waals surface area contributed by atoms with E-state index in [1.54, 1.807) is 0 Å². The summed E-state index contributed by atoms with van der Waals surface area (Å²) in [5.74, 6) is -0.185. The predicted octanol–water partition coefficient (Wildman–Crippen LogP) is 7.20. The van der Waals surface area contributed by atoms with Crippen molar-refractivity contribution < 1.29 is 9.53 Å². The SMILES string of the molecule is CCCCCCCCCCCCCCCCC(=O)OCC(Cl)Cl. The Morgan fingerprint density at radius 1 is 0.739 bits per heavy atom. The Bertz CT molecular complexity index is 258. The summed E-state index contributed by atoms with van der Waals surface area (Å²) in [4.78, 5) is 10.7. The van der Waals surface area contributed by atoms with Crippen LogP contribution in [-0.4, -0.2) is 17.4 Å². The molecule has 0 fully saturated rings. The van der Waals surface area contributed by atoms with E-state index in [2.05, 4.69) is 6.92 Å². The number of unbranched alkanes of at least 4 members (excludes halogenated alkanes) is 13. The zero-order valence-electron chi connectivity index (χ0n) is 15.0. The Labute approximate surface area is 153 Å². The van der Waals surface area contributed by atoms with E-state index in [9.17, 15) is 4.79 Å². The largest absolute Gasteiger partial charge is 0.463 e. The van der Waals surface area contributed by atoms with Crippen molar-refractivity contribution in [2.45, 2.75) is 108 Å². The summed E-state index contributed by atoms with van der Waals surface area (Å²) < 4.78 is 4.91. The van der Waals surface area contributed by atoms with Crippen LogP contribution in [0.5, 0.6) is 0 Å². The molecule has 138 valence electrons. The monoisotopic (exact) mass is 366 g/mol. The molecule has 0 aliphatic rings. The van der Waals surface area contributed by atoms with Crippen LogP contribution in [0.25, 0.3) is 0 Å². The first-order valence-electron chi connectivity index (χ1n) is 9.60. The number of hydrogen-bond acceptors (Lipinski definition) is 2.